The molecule has 1 rings (SSSR count). The Kier molecular flexibility index (Phi) is 6.74. The van der Waals surface area contributed by atoms with Gasteiger partial charge in [-0.2, -0.15) is 11.8 Å². The van der Waals surface area contributed by atoms with Crippen LogP contribution in [0.15, 0.2) is 0 Å². The van der Waals surface area contributed by atoms with Crippen LogP contribution in [-0.4, -0.2) is 17.5 Å². The fourth-order valence-electron chi connectivity index (χ4n) is 2.79. The number of hydrogen-bond acceptors (Lipinski definition) is 2. The van der Waals surface area contributed by atoms with Crippen LogP contribution in [0.2, 0.25) is 0 Å². The largest absolute Gasteiger partial charge is 0.327 e. The first-order valence-corrected chi connectivity index (χ1v) is 7.78. The van der Waals surface area contributed by atoms with E-state index in [1.165, 1.54) is 50.0 Å². The molecule has 2 N–H and O–H groups in total. The van der Waals surface area contributed by atoms with Gasteiger partial charge in [0.1, 0.15) is 0 Å². The van der Waals surface area contributed by atoms with Gasteiger partial charge in [-0.25, -0.2) is 0 Å². The molecule has 0 aliphatic heterocycles. The van der Waals surface area contributed by atoms with Crippen LogP contribution in [0.5, 0.6) is 0 Å². The van der Waals surface area contributed by atoms with Crippen LogP contribution >= 0.6 is 11.8 Å². The van der Waals surface area contributed by atoms with Gasteiger partial charge in [-0.05, 0) is 30.4 Å². The molecule has 0 saturated heterocycles. The minimum absolute atomic E-state index is 0.451. The van der Waals surface area contributed by atoms with Crippen molar-refractivity contribution in [2.45, 2.75) is 58.4 Å². The van der Waals surface area contributed by atoms with Crippen LogP contribution in [0.25, 0.3) is 0 Å². The van der Waals surface area contributed by atoms with Gasteiger partial charge in [0.2, 0.25) is 0 Å². The molecule has 0 radical (unpaired) electrons. The number of thioether (sulfide) groups is 1. The first-order valence-electron chi connectivity index (χ1n) is 6.62. The van der Waals surface area contributed by atoms with E-state index in [-0.39, 0.29) is 0 Å². The molecule has 15 heavy (non-hydrogen) atoms. The van der Waals surface area contributed by atoms with Gasteiger partial charge < -0.3 is 5.73 Å². The van der Waals surface area contributed by atoms with Gasteiger partial charge in [-0.15, -0.1) is 0 Å². The summed E-state index contributed by atoms with van der Waals surface area (Å²) in [4.78, 5) is 0. The molecule has 0 spiro atoms. The van der Waals surface area contributed by atoms with Crippen molar-refractivity contribution in [3.8, 4) is 0 Å². The predicted octanol–water partition coefficient (Wildman–Crippen LogP) is 3.67. The zero-order valence-corrected chi connectivity index (χ0v) is 11.2. The van der Waals surface area contributed by atoms with Crippen LogP contribution in [0.3, 0.4) is 0 Å². The highest BCUT2D eigenvalue weighted by Crippen LogP contribution is 2.34. The third-order valence-corrected chi connectivity index (χ3v) is 5.02. The average molecular weight is 229 g/mol. The van der Waals surface area contributed by atoms with Gasteiger partial charge in [0.25, 0.3) is 0 Å². The van der Waals surface area contributed by atoms with Crippen LogP contribution in [0, 0.1) is 11.8 Å². The van der Waals surface area contributed by atoms with E-state index in [0.29, 0.717) is 6.04 Å². The first-order chi connectivity index (χ1) is 7.29. The zero-order valence-electron chi connectivity index (χ0n) is 10.4. The quantitative estimate of drug-likeness (QED) is 0.703. The van der Waals surface area contributed by atoms with Crippen LogP contribution < -0.4 is 5.73 Å². The van der Waals surface area contributed by atoms with Crippen LogP contribution in [0.4, 0.5) is 0 Å². The topological polar surface area (TPSA) is 26.0 Å². The smallest absolute Gasteiger partial charge is 0.0161 e. The summed E-state index contributed by atoms with van der Waals surface area (Å²) in [6.07, 6.45) is 8.26. The van der Waals surface area contributed by atoms with Crippen molar-refractivity contribution in [2.75, 3.05) is 11.5 Å². The summed E-state index contributed by atoms with van der Waals surface area (Å²) in [6.45, 7) is 4.57. The molecule has 1 fully saturated rings. The van der Waals surface area contributed by atoms with Crippen molar-refractivity contribution < 1.29 is 0 Å². The molecular formula is C13H27NS. The monoisotopic (exact) mass is 229 g/mol. The van der Waals surface area contributed by atoms with E-state index in [1.54, 1.807) is 0 Å². The molecule has 2 heteroatoms. The first kappa shape index (κ1) is 13.4. The molecule has 0 aromatic rings. The lowest BCUT2D eigenvalue weighted by molar-refractivity contribution is 0.205. The molecule has 90 valence electrons. The second kappa shape index (κ2) is 7.56. The average Bonchev–Trinajstić information content (AvgIpc) is 2.29. The van der Waals surface area contributed by atoms with Crippen LogP contribution in [-0.2, 0) is 0 Å². The second-order valence-corrected chi connectivity index (χ2v) is 6.01. The van der Waals surface area contributed by atoms with E-state index in [0.717, 1.165) is 11.8 Å². The number of nitrogens with two attached hydrogens (primary N) is 1. The van der Waals surface area contributed by atoms with Crippen molar-refractivity contribution in [2.24, 2.45) is 17.6 Å². The van der Waals surface area contributed by atoms with E-state index in [9.17, 15) is 0 Å². The summed E-state index contributed by atoms with van der Waals surface area (Å²) in [5.74, 6) is 4.18. The van der Waals surface area contributed by atoms with E-state index in [2.05, 4.69) is 13.8 Å². The van der Waals surface area contributed by atoms with Gasteiger partial charge in [0.15, 0.2) is 0 Å². The summed E-state index contributed by atoms with van der Waals surface area (Å²) < 4.78 is 0. The van der Waals surface area contributed by atoms with Gasteiger partial charge >= 0.3 is 0 Å². The Labute approximate surface area is 99.6 Å². The van der Waals surface area contributed by atoms with Gasteiger partial charge in [-0.3, -0.25) is 0 Å². The van der Waals surface area contributed by atoms with Crippen molar-refractivity contribution in [1.29, 1.82) is 0 Å². The third kappa shape index (κ3) is 4.36. The maximum absolute atomic E-state index is 6.33. The van der Waals surface area contributed by atoms with Gasteiger partial charge in [-0.1, -0.05) is 39.5 Å². The molecule has 1 aliphatic rings. The lowest BCUT2D eigenvalue weighted by Gasteiger charge is -2.35. The van der Waals surface area contributed by atoms with Crippen molar-refractivity contribution in [1.82, 2.24) is 0 Å². The summed E-state index contributed by atoms with van der Waals surface area (Å²) in [6, 6.07) is 0.451. The summed E-state index contributed by atoms with van der Waals surface area (Å²) in [7, 11) is 0. The molecule has 3 atom stereocenters. The molecular weight excluding hydrogens is 202 g/mol. The summed E-state index contributed by atoms with van der Waals surface area (Å²) >= 11 is 2.04. The lowest BCUT2D eigenvalue weighted by Crippen LogP contribution is -2.38. The molecule has 0 amide bonds. The summed E-state index contributed by atoms with van der Waals surface area (Å²) in [5, 5.41) is 0. The minimum Gasteiger partial charge on any atom is -0.327 e. The van der Waals surface area contributed by atoms with Crippen molar-refractivity contribution >= 4 is 11.8 Å². The molecule has 0 heterocycles. The van der Waals surface area contributed by atoms with Crippen molar-refractivity contribution in [3.63, 3.8) is 0 Å². The van der Waals surface area contributed by atoms with E-state index < -0.39 is 0 Å². The Morgan fingerprint density at radius 3 is 2.67 bits per heavy atom. The van der Waals surface area contributed by atoms with E-state index in [4.69, 9.17) is 5.73 Å². The molecule has 0 bridgehead atoms. The maximum Gasteiger partial charge on any atom is 0.0161 e. The molecule has 0 aromatic carbocycles. The SMILES string of the molecule is CCCSCC(N)C1CCCCC1CC. The number of hydrogen-bond donors (Lipinski definition) is 1. The van der Waals surface area contributed by atoms with E-state index >= 15 is 0 Å². The highest BCUT2D eigenvalue weighted by molar-refractivity contribution is 7.99. The Balaban J connectivity index is 2.31. The fourth-order valence-corrected chi connectivity index (χ4v) is 3.77. The Morgan fingerprint density at radius 2 is 2.00 bits per heavy atom. The highest BCUT2D eigenvalue weighted by Gasteiger charge is 2.28. The molecule has 1 aliphatic carbocycles. The van der Waals surface area contributed by atoms with E-state index in [1.807, 2.05) is 11.8 Å². The van der Waals surface area contributed by atoms with Gasteiger partial charge in [0.05, 0.1) is 0 Å². The molecule has 1 saturated carbocycles. The minimum atomic E-state index is 0.451. The fraction of sp³-hybridized carbons (Fsp3) is 1.00. The third-order valence-electron chi connectivity index (χ3n) is 3.70. The highest BCUT2D eigenvalue weighted by atomic mass is 32.2. The number of rotatable bonds is 6. The Bertz CT molecular complexity index is 161. The summed E-state index contributed by atoms with van der Waals surface area (Å²) in [5.41, 5.74) is 6.33. The van der Waals surface area contributed by atoms with Crippen LogP contribution in [0.1, 0.15) is 52.4 Å². The zero-order chi connectivity index (χ0) is 11.1. The van der Waals surface area contributed by atoms with Gasteiger partial charge in [0, 0.05) is 11.8 Å². The Morgan fingerprint density at radius 1 is 1.27 bits per heavy atom. The Hall–Kier alpha value is 0.310. The normalized spacial score (nSPS) is 29.0. The molecule has 0 aromatic heterocycles. The van der Waals surface area contributed by atoms with Crippen molar-refractivity contribution in [3.05, 3.63) is 0 Å². The molecule has 1 nitrogen and oxygen atoms in total. The lowest BCUT2D eigenvalue weighted by atomic mass is 9.75. The standard InChI is InChI=1S/C13H27NS/c1-3-9-15-10-13(14)12-8-6-5-7-11(12)4-2/h11-13H,3-10,14H2,1-2H3. The second-order valence-electron chi connectivity index (χ2n) is 4.86. The maximum atomic E-state index is 6.33. The predicted molar refractivity (Wildman–Crippen MR) is 71.3 cm³/mol. The molecule has 3 unspecified atom stereocenters.